The predicted molar refractivity (Wildman–Crippen MR) is 80.7 cm³/mol. The van der Waals surface area contributed by atoms with Crippen LogP contribution in [0.4, 0.5) is 0 Å². The average Bonchev–Trinajstić information content (AvgIpc) is 2.62. The molecule has 2 rings (SSSR count). The summed E-state index contributed by atoms with van der Waals surface area (Å²) in [6.07, 6.45) is 0.580. The predicted octanol–water partition coefficient (Wildman–Crippen LogP) is 4.78. The molecule has 106 valence electrons. The second-order valence-electron chi connectivity index (χ2n) is 4.68. The number of fused-ring (bicyclic) bond motifs is 1. The highest BCUT2D eigenvalue weighted by Crippen LogP contribution is 2.44. The van der Waals surface area contributed by atoms with Crippen molar-refractivity contribution in [3.05, 3.63) is 35.4 Å². The zero-order chi connectivity index (χ0) is 13.9. The van der Waals surface area contributed by atoms with Gasteiger partial charge in [-0.3, -0.25) is 9.59 Å². The molecule has 1 aliphatic carbocycles. The van der Waals surface area contributed by atoms with Gasteiger partial charge in [0.05, 0.1) is 5.41 Å². The number of carbonyl (C=O) groups excluding carboxylic acids is 2. The Hall–Kier alpha value is -1.44. The van der Waals surface area contributed by atoms with Gasteiger partial charge in [-0.15, -0.1) is 0 Å². The quantitative estimate of drug-likeness (QED) is 0.719. The van der Waals surface area contributed by atoms with E-state index in [1.807, 2.05) is 46.8 Å². The van der Waals surface area contributed by atoms with E-state index in [1.165, 1.54) is 0 Å². The van der Waals surface area contributed by atoms with Gasteiger partial charge in [0, 0.05) is 11.1 Å². The van der Waals surface area contributed by atoms with Crippen molar-refractivity contribution >= 4 is 11.6 Å². The lowest BCUT2D eigenvalue weighted by Gasteiger charge is -2.28. The van der Waals surface area contributed by atoms with Gasteiger partial charge in [-0.25, -0.2) is 0 Å². The first kappa shape index (κ1) is 17.6. The summed E-state index contributed by atoms with van der Waals surface area (Å²) < 4.78 is 0. The summed E-state index contributed by atoms with van der Waals surface area (Å²) >= 11 is 0. The molecule has 0 aromatic heterocycles. The average molecular weight is 262 g/mol. The normalized spacial score (nSPS) is 15.5. The van der Waals surface area contributed by atoms with Crippen molar-refractivity contribution in [2.45, 2.75) is 48.5 Å². The Kier molecular flexibility index (Phi) is 6.14. The fraction of sp³-hybridized carbons (Fsp3) is 0.529. The second-order valence-corrected chi connectivity index (χ2v) is 4.68. The molecule has 0 radical (unpaired) electrons. The summed E-state index contributed by atoms with van der Waals surface area (Å²) in [5, 5.41) is 0. The third-order valence-electron chi connectivity index (χ3n) is 3.77. The fourth-order valence-electron chi connectivity index (χ4n) is 2.72. The number of carbonyl (C=O) groups is 2. The van der Waals surface area contributed by atoms with Crippen molar-refractivity contribution in [3.63, 3.8) is 0 Å². The van der Waals surface area contributed by atoms with E-state index in [9.17, 15) is 9.59 Å². The van der Waals surface area contributed by atoms with E-state index in [1.54, 1.807) is 12.1 Å². The van der Waals surface area contributed by atoms with Crippen LogP contribution in [0.25, 0.3) is 0 Å². The Morgan fingerprint density at radius 1 is 1.00 bits per heavy atom. The van der Waals surface area contributed by atoms with Crippen LogP contribution in [0.5, 0.6) is 0 Å². The van der Waals surface area contributed by atoms with Crippen LogP contribution in [0.2, 0.25) is 0 Å². The summed E-state index contributed by atoms with van der Waals surface area (Å²) in [5.41, 5.74) is 0.384. The fourth-order valence-corrected chi connectivity index (χ4v) is 2.72. The number of hydrogen-bond donors (Lipinski definition) is 0. The lowest BCUT2D eigenvalue weighted by Crippen LogP contribution is -2.38. The third kappa shape index (κ3) is 2.36. The monoisotopic (exact) mass is 262 g/mol. The summed E-state index contributed by atoms with van der Waals surface area (Å²) in [6, 6.07) is 7.15. The summed E-state index contributed by atoms with van der Waals surface area (Å²) in [7, 11) is 0. The highest BCUT2D eigenvalue weighted by molar-refractivity contribution is 6.29. The van der Waals surface area contributed by atoms with Crippen molar-refractivity contribution in [1.82, 2.24) is 0 Å². The SMILES string of the molecule is C.CC.CCC1(C(C)C)C(=O)c2ccccc2C1=O. The maximum atomic E-state index is 12.4. The van der Waals surface area contributed by atoms with Crippen molar-refractivity contribution in [2.24, 2.45) is 11.3 Å². The molecule has 0 bridgehead atoms. The Labute approximate surface area is 117 Å². The van der Waals surface area contributed by atoms with E-state index in [0.717, 1.165) is 0 Å². The number of benzene rings is 1. The van der Waals surface area contributed by atoms with Gasteiger partial charge in [-0.05, 0) is 12.3 Å². The van der Waals surface area contributed by atoms with Crippen LogP contribution >= 0.6 is 0 Å². The first-order valence-corrected chi connectivity index (χ1v) is 6.74. The van der Waals surface area contributed by atoms with E-state index >= 15 is 0 Å². The zero-order valence-electron chi connectivity index (χ0n) is 11.9. The van der Waals surface area contributed by atoms with Crippen molar-refractivity contribution in [3.8, 4) is 0 Å². The molecular formula is C17H26O2. The molecule has 1 aliphatic rings. The summed E-state index contributed by atoms with van der Waals surface area (Å²) in [4.78, 5) is 24.8. The number of hydrogen-bond acceptors (Lipinski definition) is 2. The summed E-state index contributed by atoms with van der Waals surface area (Å²) in [6.45, 7) is 9.82. The van der Waals surface area contributed by atoms with Crippen LogP contribution in [-0.2, 0) is 0 Å². The molecule has 0 aliphatic heterocycles. The Bertz CT molecular complexity index is 423. The van der Waals surface area contributed by atoms with Crippen LogP contribution in [0.15, 0.2) is 24.3 Å². The molecule has 1 aromatic carbocycles. The lowest BCUT2D eigenvalue weighted by molar-refractivity contribution is 0.0607. The first-order chi connectivity index (χ1) is 8.55. The minimum atomic E-state index is -0.816. The molecule has 0 saturated carbocycles. The molecule has 2 nitrogen and oxygen atoms in total. The standard InChI is InChI=1S/C14H16O2.C2H6.CH4/c1-4-14(9(2)3)12(15)10-7-5-6-8-11(10)13(14)16;1-2;/h5-9H,4H2,1-3H3;1-2H3;1H4. The van der Waals surface area contributed by atoms with Gasteiger partial charge in [-0.2, -0.15) is 0 Å². The molecule has 0 heterocycles. The van der Waals surface area contributed by atoms with E-state index < -0.39 is 5.41 Å². The van der Waals surface area contributed by atoms with Gasteiger partial charge in [0.1, 0.15) is 0 Å². The van der Waals surface area contributed by atoms with Crippen LogP contribution in [0.3, 0.4) is 0 Å². The molecule has 19 heavy (non-hydrogen) atoms. The topological polar surface area (TPSA) is 34.1 Å². The van der Waals surface area contributed by atoms with E-state index in [0.29, 0.717) is 17.5 Å². The third-order valence-corrected chi connectivity index (χ3v) is 3.77. The highest BCUT2D eigenvalue weighted by Gasteiger charge is 2.53. The summed E-state index contributed by atoms with van der Waals surface area (Å²) in [5.74, 6) is 0.0566. The molecule has 0 N–H and O–H groups in total. The van der Waals surface area contributed by atoms with Crippen LogP contribution < -0.4 is 0 Å². The van der Waals surface area contributed by atoms with E-state index in [-0.39, 0.29) is 24.9 Å². The van der Waals surface area contributed by atoms with Crippen LogP contribution in [0, 0.1) is 11.3 Å². The highest BCUT2D eigenvalue weighted by atomic mass is 16.2. The zero-order valence-corrected chi connectivity index (χ0v) is 11.9. The molecule has 0 atom stereocenters. The minimum Gasteiger partial charge on any atom is -0.293 e. The van der Waals surface area contributed by atoms with E-state index in [2.05, 4.69) is 0 Å². The van der Waals surface area contributed by atoms with Gasteiger partial charge in [0.25, 0.3) is 0 Å². The number of rotatable bonds is 2. The molecule has 0 spiro atoms. The lowest BCUT2D eigenvalue weighted by atomic mass is 9.71. The van der Waals surface area contributed by atoms with E-state index in [4.69, 9.17) is 0 Å². The van der Waals surface area contributed by atoms with Gasteiger partial charge >= 0.3 is 0 Å². The number of Topliss-reactive ketones (excluding diaryl/α,β-unsaturated/α-hetero) is 2. The van der Waals surface area contributed by atoms with Gasteiger partial charge in [0.2, 0.25) is 0 Å². The molecule has 0 unspecified atom stereocenters. The molecule has 2 heteroatoms. The van der Waals surface area contributed by atoms with Gasteiger partial charge < -0.3 is 0 Å². The largest absolute Gasteiger partial charge is 0.293 e. The maximum Gasteiger partial charge on any atom is 0.177 e. The van der Waals surface area contributed by atoms with Crippen LogP contribution in [0.1, 0.15) is 69.2 Å². The minimum absolute atomic E-state index is 0. The molecule has 0 saturated heterocycles. The van der Waals surface area contributed by atoms with Gasteiger partial charge in [0.15, 0.2) is 11.6 Å². The molecular weight excluding hydrogens is 236 g/mol. The first-order valence-electron chi connectivity index (χ1n) is 6.74. The molecule has 0 amide bonds. The Morgan fingerprint density at radius 3 is 1.63 bits per heavy atom. The number of ketones is 2. The second kappa shape index (κ2) is 6.65. The smallest absolute Gasteiger partial charge is 0.177 e. The maximum absolute atomic E-state index is 12.4. The van der Waals surface area contributed by atoms with Crippen molar-refractivity contribution in [2.75, 3.05) is 0 Å². The van der Waals surface area contributed by atoms with Crippen molar-refractivity contribution in [1.29, 1.82) is 0 Å². The van der Waals surface area contributed by atoms with Gasteiger partial charge in [-0.1, -0.05) is 66.3 Å². The molecule has 1 aromatic rings. The van der Waals surface area contributed by atoms with Crippen molar-refractivity contribution < 1.29 is 9.59 Å². The Balaban J connectivity index is 0.00000103. The van der Waals surface area contributed by atoms with Crippen LogP contribution in [-0.4, -0.2) is 11.6 Å². The Morgan fingerprint density at radius 2 is 1.37 bits per heavy atom. The molecule has 0 fully saturated rings.